The summed E-state index contributed by atoms with van der Waals surface area (Å²) in [5.74, 6) is 0.749. The predicted octanol–water partition coefficient (Wildman–Crippen LogP) is 4.30. The van der Waals surface area contributed by atoms with Crippen molar-refractivity contribution in [3.05, 3.63) is 65.6 Å². The quantitative estimate of drug-likeness (QED) is 0.889. The Morgan fingerprint density at radius 1 is 1.29 bits per heavy atom. The van der Waals surface area contributed by atoms with Crippen molar-refractivity contribution >= 4 is 5.57 Å². The molecule has 2 heterocycles. The van der Waals surface area contributed by atoms with Crippen LogP contribution in [0.1, 0.15) is 42.5 Å². The lowest BCUT2D eigenvalue weighted by molar-refractivity contribution is 0.286. The van der Waals surface area contributed by atoms with Crippen molar-refractivity contribution in [2.75, 3.05) is 13.1 Å². The molecule has 1 aromatic heterocycles. The fourth-order valence-electron chi connectivity index (χ4n) is 2.96. The van der Waals surface area contributed by atoms with Gasteiger partial charge in [0.15, 0.2) is 0 Å². The first-order valence-electron chi connectivity index (χ1n) is 8.38. The third-order valence-corrected chi connectivity index (χ3v) is 4.42. The van der Waals surface area contributed by atoms with Crippen molar-refractivity contribution in [1.82, 2.24) is 10.3 Å². The second kappa shape index (κ2) is 7.58. The van der Waals surface area contributed by atoms with E-state index in [-0.39, 0.29) is 12.4 Å². The van der Waals surface area contributed by atoms with E-state index in [1.54, 1.807) is 12.1 Å². The highest BCUT2D eigenvalue weighted by atomic mass is 19.1. The summed E-state index contributed by atoms with van der Waals surface area (Å²) in [6.45, 7) is 8.01. The van der Waals surface area contributed by atoms with E-state index in [0.29, 0.717) is 17.4 Å². The smallest absolute Gasteiger partial charge is 0.213 e. The summed E-state index contributed by atoms with van der Waals surface area (Å²) >= 11 is 0. The number of hydrogen-bond acceptors (Lipinski definition) is 3. The van der Waals surface area contributed by atoms with E-state index in [1.807, 2.05) is 25.1 Å². The number of allylic oxidation sites excluding steroid dienone is 1. The van der Waals surface area contributed by atoms with Gasteiger partial charge in [0.25, 0.3) is 0 Å². The maximum atomic E-state index is 14.0. The van der Waals surface area contributed by atoms with Crippen LogP contribution >= 0.6 is 0 Å². The molecular weight excluding hydrogens is 303 g/mol. The average Bonchev–Trinajstić information content (AvgIpc) is 2.62. The molecule has 0 radical (unpaired) electrons. The number of benzene rings is 1. The Morgan fingerprint density at radius 2 is 2.08 bits per heavy atom. The lowest BCUT2D eigenvalue weighted by atomic mass is 9.94. The van der Waals surface area contributed by atoms with Crippen LogP contribution in [0.25, 0.3) is 5.57 Å². The standard InChI is InChI=1S/C20H23FN2O/c1-14(2)16-6-7-18(21)17(12-16)13-24-20-5-3-4-19(23-20)15-8-10-22-11-9-15/h3-7,12,15,22H,1,8-11,13H2,2H3. The first-order valence-corrected chi connectivity index (χ1v) is 8.38. The van der Waals surface area contributed by atoms with Crippen LogP contribution in [0.5, 0.6) is 5.88 Å². The van der Waals surface area contributed by atoms with E-state index >= 15 is 0 Å². The maximum absolute atomic E-state index is 14.0. The van der Waals surface area contributed by atoms with E-state index in [2.05, 4.69) is 16.9 Å². The van der Waals surface area contributed by atoms with Crippen LogP contribution in [0, 0.1) is 5.82 Å². The summed E-state index contributed by atoms with van der Waals surface area (Å²) in [5.41, 5.74) is 3.41. The van der Waals surface area contributed by atoms with Gasteiger partial charge >= 0.3 is 0 Å². The summed E-state index contributed by atoms with van der Waals surface area (Å²) in [7, 11) is 0. The molecule has 2 aromatic rings. The molecular formula is C20H23FN2O. The van der Waals surface area contributed by atoms with Gasteiger partial charge in [-0.15, -0.1) is 0 Å². The highest BCUT2D eigenvalue weighted by Gasteiger charge is 2.17. The van der Waals surface area contributed by atoms with Gasteiger partial charge in [0.1, 0.15) is 12.4 Å². The topological polar surface area (TPSA) is 34.1 Å². The molecule has 0 amide bonds. The number of hydrogen-bond donors (Lipinski definition) is 1. The van der Waals surface area contributed by atoms with Crippen LogP contribution in [0.2, 0.25) is 0 Å². The van der Waals surface area contributed by atoms with Crippen molar-refractivity contribution in [3.8, 4) is 5.88 Å². The first-order chi connectivity index (χ1) is 11.6. The fourth-order valence-corrected chi connectivity index (χ4v) is 2.96. The van der Waals surface area contributed by atoms with Crippen LogP contribution in [-0.2, 0) is 6.61 Å². The zero-order valence-electron chi connectivity index (χ0n) is 14.0. The third-order valence-electron chi connectivity index (χ3n) is 4.42. The van der Waals surface area contributed by atoms with Gasteiger partial charge < -0.3 is 10.1 Å². The molecule has 4 heteroatoms. The number of aromatic nitrogens is 1. The van der Waals surface area contributed by atoms with Crippen LogP contribution < -0.4 is 10.1 Å². The van der Waals surface area contributed by atoms with E-state index < -0.39 is 0 Å². The van der Waals surface area contributed by atoms with Crippen molar-refractivity contribution in [2.24, 2.45) is 0 Å². The molecule has 0 unspecified atom stereocenters. The SMILES string of the molecule is C=C(C)c1ccc(F)c(COc2cccc(C3CCNCC3)n2)c1. The Hall–Kier alpha value is -2.20. The molecule has 1 aliphatic rings. The molecule has 3 nitrogen and oxygen atoms in total. The highest BCUT2D eigenvalue weighted by molar-refractivity contribution is 5.61. The number of nitrogens with zero attached hydrogens (tertiary/aromatic N) is 1. The van der Waals surface area contributed by atoms with Crippen LogP contribution in [0.15, 0.2) is 43.0 Å². The largest absolute Gasteiger partial charge is 0.473 e. The molecule has 0 atom stereocenters. The number of halogens is 1. The van der Waals surface area contributed by atoms with Crippen LogP contribution in [0.3, 0.4) is 0 Å². The lowest BCUT2D eigenvalue weighted by Gasteiger charge is -2.22. The highest BCUT2D eigenvalue weighted by Crippen LogP contribution is 2.25. The van der Waals surface area contributed by atoms with Gasteiger partial charge in [-0.05, 0) is 56.6 Å². The number of pyridine rings is 1. The van der Waals surface area contributed by atoms with Crippen LogP contribution in [0.4, 0.5) is 4.39 Å². The Balaban J connectivity index is 1.70. The zero-order chi connectivity index (χ0) is 16.9. The van der Waals surface area contributed by atoms with Crippen molar-refractivity contribution in [1.29, 1.82) is 0 Å². The number of nitrogens with one attached hydrogen (secondary N) is 1. The predicted molar refractivity (Wildman–Crippen MR) is 94.5 cm³/mol. The molecule has 1 saturated heterocycles. The van der Waals surface area contributed by atoms with Gasteiger partial charge in [-0.3, -0.25) is 0 Å². The lowest BCUT2D eigenvalue weighted by Crippen LogP contribution is -2.27. The summed E-state index contributed by atoms with van der Waals surface area (Å²) in [5, 5.41) is 3.36. The second-order valence-electron chi connectivity index (χ2n) is 6.30. The molecule has 1 fully saturated rings. The van der Waals surface area contributed by atoms with Crippen LogP contribution in [-0.4, -0.2) is 18.1 Å². The molecule has 0 bridgehead atoms. The second-order valence-corrected chi connectivity index (χ2v) is 6.30. The Kier molecular flexibility index (Phi) is 5.26. The molecule has 3 rings (SSSR count). The molecule has 24 heavy (non-hydrogen) atoms. The Morgan fingerprint density at radius 3 is 2.83 bits per heavy atom. The summed E-state index contributed by atoms with van der Waals surface area (Å²) < 4.78 is 19.7. The molecule has 1 N–H and O–H groups in total. The third kappa shape index (κ3) is 4.01. The molecule has 0 saturated carbocycles. The van der Waals surface area contributed by atoms with E-state index in [1.165, 1.54) is 6.07 Å². The van der Waals surface area contributed by atoms with E-state index in [4.69, 9.17) is 4.74 Å². The molecule has 1 aliphatic heterocycles. The van der Waals surface area contributed by atoms with E-state index in [0.717, 1.165) is 42.8 Å². The summed E-state index contributed by atoms with van der Waals surface area (Å²) in [6, 6.07) is 10.8. The minimum atomic E-state index is -0.269. The fraction of sp³-hybridized carbons (Fsp3) is 0.350. The average molecular weight is 326 g/mol. The number of ether oxygens (including phenoxy) is 1. The molecule has 0 aliphatic carbocycles. The zero-order valence-corrected chi connectivity index (χ0v) is 14.0. The normalized spacial score (nSPS) is 15.2. The summed E-state index contributed by atoms with van der Waals surface area (Å²) in [6.07, 6.45) is 2.18. The summed E-state index contributed by atoms with van der Waals surface area (Å²) in [4.78, 5) is 4.61. The van der Waals surface area contributed by atoms with Gasteiger partial charge in [-0.1, -0.05) is 24.3 Å². The Bertz CT molecular complexity index is 723. The van der Waals surface area contributed by atoms with Gasteiger partial charge in [0, 0.05) is 23.2 Å². The minimum Gasteiger partial charge on any atom is -0.473 e. The van der Waals surface area contributed by atoms with Crippen molar-refractivity contribution < 1.29 is 9.13 Å². The van der Waals surface area contributed by atoms with Gasteiger partial charge in [-0.25, -0.2) is 9.37 Å². The molecule has 126 valence electrons. The number of piperidine rings is 1. The van der Waals surface area contributed by atoms with Crippen molar-refractivity contribution in [2.45, 2.75) is 32.3 Å². The first kappa shape index (κ1) is 16.7. The molecule has 1 aromatic carbocycles. The van der Waals surface area contributed by atoms with Gasteiger partial charge in [0.05, 0.1) is 0 Å². The molecule has 0 spiro atoms. The number of rotatable bonds is 5. The minimum absolute atomic E-state index is 0.162. The Labute approximate surface area is 142 Å². The monoisotopic (exact) mass is 326 g/mol. The maximum Gasteiger partial charge on any atom is 0.213 e. The van der Waals surface area contributed by atoms with E-state index in [9.17, 15) is 4.39 Å². The van der Waals surface area contributed by atoms with Gasteiger partial charge in [-0.2, -0.15) is 0 Å². The van der Waals surface area contributed by atoms with Crippen molar-refractivity contribution in [3.63, 3.8) is 0 Å². The van der Waals surface area contributed by atoms with Gasteiger partial charge in [0.2, 0.25) is 5.88 Å².